The first-order valence-corrected chi connectivity index (χ1v) is 4.08. The van der Waals surface area contributed by atoms with Crippen molar-refractivity contribution < 1.29 is 4.74 Å². The molecular formula is C9H17NO. The van der Waals surface area contributed by atoms with Gasteiger partial charge >= 0.3 is 0 Å². The summed E-state index contributed by atoms with van der Waals surface area (Å²) in [5, 5.41) is 0. The Hall–Kier alpha value is -0.520. The highest BCUT2D eigenvalue weighted by atomic mass is 16.5. The molecule has 64 valence electrons. The molecule has 0 N–H and O–H groups in total. The summed E-state index contributed by atoms with van der Waals surface area (Å²) in [5.41, 5.74) is 0. The van der Waals surface area contributed by atoms with Crippen LogP contribution in [0.15, 0.2) is 0 Å². The van der Waals surface area contributed by atoms with E-state index in [0.29, 0.717) is 0 Å². The van der Waals surface area contributed by atoms with Gasteiger partial charge in [-0.1, -0.05) is 12.8 Å². The fourth-order valence-electron chi connectivity index (χ4n) is 0.816. The van der Waals surface area contributed by atoms with Crippen LogP contribution >= 0.6 is 0 Å². The van der Waals surface area contributed by atoms with Crippen molar-refractivity contribution in [1.29, 1.82) is 0 Å². The molecule has 2 nitrogen and oxygen atoms in total. The molecule has 0 radical (unpaired) electrons. The van der Waals surface area contributed by atoms with Gasteiger partial charge in [-0.3, -0.25) is 4.90 Å². The van der Waals surface area contributed by atoms with Gasteiger partial charge in [0.05, 0.1) is 13.2 Å². The minimum atomic E-state index is 0.726. The van der Waals surface area contributed by atoms with Crippen LogP contribution in [0.2, 0.25) is 0 Å². The Morgan fingerprint density at radius 2 is 2.18 bits per heavy atom. The van der Waals surface area contributed by atoms with Gasteiger partial charge in [-0.15, -0.1) is 6.42 Å². The van der Waals surface area contributed by atoms with Crippen LogP contribution in [0, 0.1) is 12.3 Å². The molecule has 0 atom stereocenters. The van der Waals surface area contributed by atoms with Crippen LogP contribution in [0.1, 0.15) is 13.8 Å². The summed E-state index contributed by atoms with van der Waals surface area (Å²) in [6.07, 6.45) is 5.18. The van der Waals surface area contributed by atoms with E-state index in [0.717, 1.165) is 32.8 Å². The molecule has 0 amide bonds. The molecule has 0 aromatic carbocycles. The second-order valence-corrected chi connectivity index (χ2v) is 2.27. The van der Waals surface area contributed by atoms with Gasteiger partial charge < -0.3 is 4.74 Å². The van der Waals surface area contributed by atoms with E-state index < -0.39 is 0 Å². The molecule has 0 spiro atoms. The Balaban J connectivity index is 3.30. The van der Waals surface area contributed by atoms with E-state index in [1.807, 2.05) is 6.92 Å². The van der Waals surface area contributed by atoms with Crippen LogP contribution in [0.25, 0.3) is 0 Å². The molecule has 11 heavy (non-hydrogen) atoms. The van der Waals surface area contributed by atoms with Crippen molar-refractivity contribution in [3.63, 3.8) is 0 Å². The maximum atomic E-state index is 5.20. The highest BCUT2D eigenvalue weighted by molar-refractivity contribution is 4.87. The Bertz CT molecular complexity index is 117. The molecule has 0 rings (SSSR count). The highest BCUT2D eigenvalue weighted by Gasteiger charge is 1.97. The first-order valence-electron chi connectivity index (χ1n) is 4.08. The standard InChI is InChI=1S/C9H17NO/c1-4-7-10(5-2)8-9-11-6-3/h1H,5-9H2,2-3H3. The molecule has 0 fully saturated rings. The van der Waals surface area contributed by atoms with Crippen LogP contribution < -0.4 is 0 Å². The zero-order valence-electron chi connectivity index (χ0n) is 7.47. The lowest BCUT2D eigenvalue weighted by Gasteiger charge is -2.16. The second kappa shape index (κ2) is 7.59. The lowest BCUT2D eigenvalue weighted by molar-refractivity contribution is 0.120. The fraction of sp³-hybridized carbons (Fsp3) is 0.778. The fourth-order valence-corrected chi connectivity index (χ4v) is 0.816. The van der Waals surface area contributed by atoms with Crippen LogP contribution in [0.3, 0.4) is 0 Å². The number of ether oxygens (including phenoxy) is 1. The van der Waals surface area contributed by atoms with Crippen molar-refractivity contribution in [2.45, 2.75) is 13.8 Å². The number of terminal acetylenes is 1. The molecule has 0 aliphatic heterocycles. The number of likely N-dealkylation sites (N-methyl/N-ethyl adjacent to an activating group) is 1. The number of rotatable bonds is 6. The molecular weight excluding hydrogens is 138 g/mol. The van der Waals surface area contributed by atoms with Gasteiger partial charge in [-0.05, 0) is 13.5 Å². The van der Waals surface area contributed by atoms with Gasteiger partial charge in [0.25, 0.3) is 0 Å². The van der Waals surface area contributed by atoms with Crippen LogP contribution in [-0.4, -0.2) is 37.7 Å². The first kappa shape index (κ1) is 10.5. The summed E-state index contributed by atoms with van der Waals surface area (Å²) < 4.78 is 5.20. The predicted molar refractivity (Wildman–Crippen MR) is 47.4 cm³/mol. The third kappa shape index (κ3) is 5.90. The average molecular weight is 155 g/mol. The molecule has 0 aliphatic carbocycles. The molecule has 0 heterocycles. The van der Waals surface area contributed by atoms with Crippen molar-refractivity contribution in [2.24, 2.45) is 0 Å². The summed E-state index contributed by atoms with van der Waals surface area (Å²) in [6.45, 7) is 8.33. The minimum absolute atomic E-state index is 0.726. The van der Waals surface area contributed by atoms with Gasteiger partial charge in [0.15, 0.2) is 0 Å². The molecule has 0 bridgehead atoms. The smallest absolute Gasteiger partial charge is 0.0599 e. The Morgan fingerprint density at radius 3 is 2.64 bits per heavy atom. The average Bonchev–Trinajstić information content (AvgIpc) is 2.03. The second-order valence-electron chi connectivity index (χ2n) is 2.27. The molecule has 0 aromatic heterocycles. The van der Waals surface area contributed by atoms with Crippen molar-refractivity contribution in [1.82, 2.24) is 4.90 Å². The molecule has 0 saturated carbocycles. The van der Waals surface area contributed by atoms with Crippen molar-refractivity contribution in [3.8, 4) is 12.3 Å². The van der Waals surface area contributed by atoms with Crippen LogP contribution in [0.5, 0.6) is 0 Å². The van der Waals surface area contributed by atoms with E-state index in [9.17, 15) is 0 Å². The summed E-state index contributed by atoms with van der Waals surface area (Å²) in [7, 11) is 0. The van der Waals surface area contributed by atoms with Crippen LogP contribution in [-0.2, 0) is 4.74 Å². The van der Waals surface area contributed by atoms with Crippen molar-refractivity contribution >= 4 is 0 Å². The summed E-state index contributed by atoms with van der Waals surface area (Å²) in [4.78, 5) is 2.18. The Labute approximate surface area is 69.5 Å². The van der Waals surface area contributed by atoms with E-state index in [1.165, 1.54) is 0 Å². The van der Waals surface area contributed by atoms with E-state index in [2.05, 4.69) is 17.7 Å². The van der Waals surface area contributed by atoms with Crippen molar-refractivity contribution in [3.05, 3.63) is 0 Å². The lowest BCUT2D eigenvalue weighted by Crippen LogP contribution is -2.27. The van der Waals surface area contributed by atoms with Crippen LogP contribution in [0.4, 0.5) is 0 Å². The van der Waals surface area contributed by atoms with E-state index in [4.69, 9.17) is 11.2 Å². The monoisotopic (exact) mass is 155 g/mol. The normalized spacial score (nSPS) is 10.0. The molecule has 0 unspecified atom stereocenters. The van der Waals surface area contributed by atoms with Crippen molar-refractivity contribution in [2.75, 3.05) is 32.8 Å². The number of hydrogen-bond donors (Lipinski definition) is 0. The van der Waals surface area contributed by atoms with E-state index in [1.54, 1.807) is 0 Å². The zero-order valence-corrected chi connectivity index (χ0v) is 7.47. The summed E-state index contributed by atoms with van der Waals surface area (Å²) in [5.74, 6) is 2.62. The SMILES string of the molecule is C#CCN(CC)CCOCC. The molecule has 0 aromatic rings. The zero-order chi connectivity index (χ0) is 8.53. The number of nitrogens with zero attached hydrogens (tertiary/aromatic N) is 1. The highest BCUT2D eigenvalue weighted by Crippen LogP contribution is 1.86. The quantitative estimate of drug-likeness (QED) is 0.419. The van der Waals surface area contributed by atoms with E-state index in [-0.39, 0.29) is 0 Å². The van der Waals surface area contributed by atoms with Gasteiger partial charge in [-0.2, -0.15) is 0 Å². The summed E-state index contributed by atoms with van der Waals surface area (Å²) >= 11 is 0. The molecule has 2 heteroatoms. The molecule has 0 saturated heterocycles. The minimum Gasteiger partial charge on any atom is -0.380 e. The summed E-state index contributed by atoms with van der Waals surface area (Å²) in [6, 6.07) is 0. The topological polar surface area (TPSA) is 12.5 Å². The maximum Gasteiger partial charge on any atom is 0.0599 e. The molecule has 0 aliphatic rings. The van der Waals surface area contributed by atoms with Gasteiger partial charge in [0.1, 0.15) is 0 Å². The van der Waals surface area contributed by atoms with Gasteiger partial charge in [0, 0.05) is 13.2 Å². The third-order valence-electron chi connectivity index (χ3n) is 1.52. The number of hydrogen-bond acceptors (Lipinski definition) is 2. The lowest BCUT2D eigenvalue weighted by atomic mass is 10.5. The third-order valence-corrected chi connectivity index (χ3v) is 1.52. The van der Waals surface area contributed by atoms with Gasteiger partial charge in [0.2, 0.25) is 0 Å². The van der Waals surface area contributed by atoms with E-state index >= 15 is 0 Å². The van der Waals surface area contributed by atoms with Gasteiger partial charge in [-0.25, -0.2) is 0 Å². The predicted octanol–water partition coefficient (Wildman–Crippen LogP) is 0.978. The Morgan fingerprint density at radius 1 is 1.45 bits per heavy atom. The largest absolute Gasteiger partial charge is 0.380 e. The maximum absolute atomic E-state index is 5.20. The Kier molecular flexibility index (Phi) is 7.23. The first-order chi connectivity index (χ1) is 5.35.